The van der Waals surface area contributed by atoms with Gasteiger partial charge in [0.25, 0.3) is 0 Å². The molecule has 1 saturated heterocycles. The maximum Gasteiger partial charge on any atom is 0.122 e. The molecule has 0 radical (unpaired) electrons. The minimum absolute atomic E-state index is 0.661. The van der Waals surface area contributed by atoms with Crippen LogP contribution >= 0.6 is 0 Å². The second-order valence-electron chi connectivity index (χ2n) is 5.57. The number of hydrogen-bond donors (Lipinski definition) is 1. The summed E-state index contributed by atoms with van der Waals surface area (Å²) >= 11 is 0. The Hall–Kier alpha value is -1.77. The Balaban J connectivity index is 2.01. The third kappa shape index (κ3) is 4.92. The lowest BCUT2D eigenvalue weighted by Crippen LogP contribution is -2.43. The molecule has 1 aromatic carbocycles. The van der Waals surface area contributed by atoms with E-state index in [0.29, 0.717) is 12.2 Å². The number of hydrogen-bond acceptors (Lipinski definition) is 5. The molecule has 0 bridgehead atoms. The van der Waals surface area contributed by atoms with E-state index in [-0.39, 0.29) is 0 Å². The topological polar surface area (TPSA) is 51.5 Å². The summed E-state index contributed by atoms with van der Waals surface area (Å²) in [5.74, 6) is 0.793. The number of anilines is 1. The van der Waals surface area contributed by atoms with Crippen molar-refractivity contribution in [2.24, 2.45) is 0 Å². The first-order valence-corrected chi connectivity index (χ1v) is 7.47. The maximum absolute atomic E-state index is 9.19. The van der Waals surface area contributed by atoms with Gasteiger partial charge in [0.2, 0.25) is 0 Å². The number of nitrogens with one attached hydrogen (secondary N) is 1. The number of ether oxygens (including phenoxy) is 1. The van der Waals surface area contributed by atoms with Gasteiger partial charge in [-0.3, -0.25) is 0 Å². The summed E-state index contributed by atoms with van der Waals surface area (Å²) in [4.78, 5) is 4.44. The summed E-state index contributed by atoms with van der Waals surface area (Å²) in [5, 5.41) is 12.5. The molecule has 0 aliphatic carbocycles. The fourth-order valence-corrected chi connectivity index (χ4v) is 2.41. The van der Waals surface area contributed by atoms with Crippen LogP contribution in [-0.2, 0) is 0 Å². The van der Waals surface area contributed by atoms with Crippen LogP contribution in [-0.4, -0.2) is 58.3 Å². The van der Waals surface area contributed by atoms with E-state index in [2.05, 4.69) is 35.3 Å². The average molecular weight is 288 g/mol. The van der Waals surface area contributed by atoms with Crippen molar-refractivity contribution in [3.05, 3.63) is 23.8 Å². The monoisotopic (exact) mass is 288 g/mol. The van der Waals surface area contributed by atoms with Crippen LogP contribution in [0.1, 0.15) is 12.0 Å². The predicted molar refractivity (Wildman–Crippen MR) is 84.9 cm³/mol. The molecule has 1 fully saturated rings. The molecule has 5 heteroatoms. The highest BCUT2D eigenvalue weighted by Crippen LogP contribution is 2.24. The minimum atomic E-state index is 0.661. The van der Waals surface area contributed by atoms with Crippen molar-refractivity contribution in [2.45, 2.75) is 6.42 Å². The van der Waals surface area contributed by atoms with Crippen molar-refractivity contribution in [2.75, 3.05) is 58.3 Å². The van der Waals surface area contributed by atoms with Gasteiger partial charge < -0.3 is 19.9 Å². The zero-order valence-electron chi connectivity index (χ0n) is 12.9. The van der Waals surface area contributed by atoms with E-state index >= 15 is 0 Å². The lowest BCUT2D eigenvalue weighted by molar-refractivity contribution is 0.281. The molecular weight excluding hydrogens is 264 g/mol. The highest BCUT2D eigenvalue weighted by atomic mass is 16.5. The molecule has 5 nitrogen and oxygen atoms in total. The largest absolute Gasteiger partial charge is 0.493 e. The normalized spacial score (nSPS) is 15.0. The van der Waals surface area contributed by atoms with E-state index in [1.54, 1.807) is 0 Å². The van der Waals surface area contributed by atoms with Gasteiger partial charge in [0.05, 0.1) is 18.2 Å². The van der Waals surface area contributed by atoms with Crippen LogP contribution in [0.2, 0.25) is 0 Å². The number of benzene rings is 1. The summed E-state index contributed by atoms with van der Waals surface area (Å²) in [6, 6.07) is 8.03. The molecular formula is C16H24N4O. The van der Waals surface area contributed by atoms with Crippen molar-refractivity contribution >= 4 is 5.69 Å². The van der Waals surface area contributed by atoms with Crippen molar-refractivity contribution < 1.29 is 4.74 Å². The van der Waals surface area contributed by atoms with Gasteiger partial charge in [-0.2, -0.15) is 5.26 Å². The zero-order valence-corrected chi connectivity index (χ0v) is 12.9. The van der Waals surface area contributed by atoms with Gasteiger partial charge >= 0.3 is 0 Å². The van der Waals surface area contributed by atoms with Crippen molar-refractivity contribution in [1.82, 2.24) is 10.2 Å². The second kappa shape index (κ2) is 7.87. The van der Waals surface area contributed by atoms with Crippen LogP contribution in [0.5, 0.6) is 5.75 Å². The van der Waals surface area contributed by atoms with Crippen molar-refractivity contribution in [3.63, 3.8) is 0 Å². The van der Waals surface area contributed by atoms with E-state index in [1.165, 1.54) is 0 Å². The van der Waals surface area contributed by atoms with E-state index in [0.717, 1.165) is 50.6 Å². The molecule has 1 heterocycles. The summed E-state index contributed by atoms with van der Waals surface area (Å²) in [6.07, 6.45) is 0.979. The van der Waals surface area contributed by atoms with Crippen LogP contribution < -0.4 is 15.0 Å². The van der Waals surface area contributed by atoms with Crippen LogP contribution in [0.15, 0.2) is 18.2 Å². The Morgan fingerprint density at radius 1 is 1.29 bits per heavy atom. The standard InChI is InChI=1S/C16H24N4O/c1-19(2)6-3-9-21-16-11-14(13-17)10-15(12-16)20-7-4-18-5-8-20/h10-12,18H,3-9H2,1-2H3. The number of nitrogens with zero attached hydrogens (tertiary/aromatic N) is 3. The molecule has 2 rings (SSSR count). The molecule has 0 unspecified atom stereocenters. The van der Waals surface area contributed by atoms with Crippen molar-refractivity contribution in [1.29, 1.82) is 5.26 Å². The lowest BCUT2D eigenvalue weighted by Gasteiger charge is -2.29. The highest BCUT2D eigenvalue weighted by Gasteiger charge is 2.12. The zero-order chi connectivity index (χ0) is 15.1. The fraction of sp³-hybridized carbons (Fsp3) is 0.562. The van der Waals surface area contributed by atoms with Gasteiger partial charge in [-0.15, -0.1) is 0 Å². The molecule has 0 amide bonds. The van der Waals surface area contributed by atoms with Gasteiger partial charge in [0.1, 0.15) is 5.75 Å². The molecule has 0 spiro atoms. The van der Waals surface area contributed by atoms with E-state index in [9.17, 15) is 5.26 Å². The number of piperazine rings is 1. The van der Waals surface area contributed by atoms with E-state index in [1.807, 2.05) is 18.2 Å². The second-order valence-corrected chi connectivity index (χ2v) is 5.57. The third-order valence-corrected chi connectivity index (χ3v) is 3.52. The van der Waals surface area contributed by atoms with Crippen LogP contribution in [0, 0.1) is 11.3 Å². The minimum Gasteiger partial charge on any atom is -0.493 e. The van der Waals surface area contributed by atoms with Gasteiger partial charge in [0, 0.05) is 44.5 Å². The molecule has 0 saturated carbocycles. The van der Waals surface area contributed by atoms with E-state index < -0.39 is 0 Å². The first-order valence-electron chi connectivity index (χ1n) is 7.47. The van der Waals surface area contributed by atoms with Gasteiger partial charge in [0.15, 0.2) is 0 Å². The first-order chi connectivity index (χ1) is 10.2. The van der Waals surface area contributed by atoms with Crippen LogP contribution in [0.3, 0.4) is 0 Å². The number of nitriles is 1. The Morgan fingerprint density at radius 2 is 2.05 bits per heavy atom. The molecule has 114 valence electrons. The fourth-order valence-electron chi connectivity index (χ4n) is 2.41. The smallest absolute Gasteiger partial charge is 0.122 e. The lowest BCUT2D eigenvalue weighted by atomic mass is 10.1. The Labute approximate surface area is 127 Å². The van der Waals surface area contributed by atoms with Gasteiger partial charge in [-0.1, -0.05) is 0 Å². The average Bonchev–Trinajstić information content (AvgIpc) is 2.52. The Bertz CT molecular complexity index is 490. The van der Waals surface area contributed by atoms with Crippen molar-refractivity contribution in [3.8, 4) is 11.8 Å². The quantitative estimate of drug-likeness (QED) is 0.800. The number of rotatable bonds is 6. The maximum atomic E-state index is 9.19. The molecule has 1 aliphatic rings. The van der Waals surface area contributed by atoms with Gasteiger partial charge in [-0.05, 0) is 32.6 Å². The summed E-state index contributed by atoms with van der Waals surface area (Å²) in [5.41, 5.74) is 1.74. The first kappa shape index (κ1) is 15.6. The third-order valence-electron chi connectivity index (χ3n) is 3.52. The molecule has 1 aromatic rings. The Kier molecular flexibility index (Phi) is 5.85. The summed E-state index contributed by atoms with van der Waals surface area (Å²) in [6.45, 7) is 5.58. The van der Waals surface area contributed by atoms with Crippen LogP contribution in [0.4, 0.5) is 5.69 Å². The van der Waals surface area contributed by atoms with Gasteiger partial charge in [-0.25, -0.2) is 0 Å². The molecule has 21 heavy (non-hydrogen) atoms. The van der Waals surface area contributed by atoms with E-state index in [4.69, 9.17) is 4.74 Å². The molecule has 1 N–H and O–H groups in total. The SMILES string of the molecule is CN(C)CCCOc1cc(C#N)cc(N2CCNCC2)c1. The predicted octanol–water partition coefficient (Wildman–Crippen LogP) is 1.30. The van der Waals surface area contributed by atoms with Crippen LogP contribution in [0.25, 0.3) is 0 Å². The molecule has 1 aliphatic heterocycles. The highest BCUT2D eigenvalue weighted by molar-refractivity contribution is 5.56. The Morgan fingerprint density at radius 3 is 2.71 bits per heavy atom. The molecule has 0 aromatic heterocycles. The summed E-state index contributed by atoms with van der Waals surface area (Å²) in [7, 11) is 4.11. The molecule has 0 atom stereocenters. The summed E-state index contributed by atoms with van der Waals surface area (Å²) < 4.78 is 5.81.